The largest absolute Gasteiger partial charge is 0.387 e. The number of nitrogens with one attached hydrogen (secondary N) is 1. The lowest BCUT2D eigenvalue weighted by molar-refractivity contribution is -0.129. The Bertz CT molecular complexity index is 309. The lowest BCUT2D eigenvalue weighted by Crippen LogP contribution is -2.57. The molecule has 0 aromatic rings. The van der Waals surface area contributed by atoms with Crippen molar-refractivity contribution < 1.29 is 9.90 Å². The molecule has 1 fully saturated rings. The molecular weight excluding hydrogens is 254 g/mol. The maximum absolute atomic E-state index is 12.1. The summed E-state index contributed by atoms with van der Waals surface area (Å²) in [5.41, 5.74) is -0.695. The summed E-state index contributed by atoms with van der Waals surface area (Å²) in [6.07, 6.45) is 3.85. The molecule has 1 amide bonds. The standard InChI is InChI=1S/C15H31N3O2/c1-5-6-9-16-14(19)13(2)18-10-7-8-15(20,12-18)11-17(3)4/h13,20H,5-12H2,1-4H3,(H,16,19)/t13-,15-/m0/s1. The maximum atomic E-state index is 12.1. The van der Waals surface area contributed by atoms with Crippen LogP contribution in [0.5, 0.6) is 0 Å². The number of piperidine rings is 1. The highest BCUT2D eigenvalue weighted by Crippen LogP contribution is 2.23. The van der Waals surface area contributed by atoms with Crippen LogP contribution in [0.25, 0.3) is 0 Å². The predicted octanol–water partition coefficient (Wildman–Crippen LogP) is 0.680. The second kappa shape index (κ2) is 7.96. The number of likely N-dealkylation sites (N-methyl/N-ethyl adjacent to an activating group) is 1. The van der Waals surface area contributed by atoms with Crippen molar-refractivity contribution in [3.05, 3.63) is 0 Å². The molecule has 118 valence electrons. The molecule has 1 saturated heterocycles. The number of carbonyl (C=O) groups excluding carboxylic acids is 1. The van der Waals surface area contributed by atoms with Crippen molar-refractivity contribution in [2.45, 2.75) is 51.2 Å². The molecule has 0 unspecified atom stereocenters. The summed E-state index contributed by atoms with van der Waals surface area (Å²) < 4.78 is 0. The first kappa shape index (κ1) is 17.4. The molecule has 1 rings (SSSR count). The minimum atomic E-state index is -0.695. The molecule has 5 nitrogen and oxygen atoms in total. The van der Waals surface area contributed by atoms with Gasteiger partial charge in [0.25, 0.3) is 0 Å². The van der Waals surface area contributed by atoms with Gasteiger partial charge >= 0.3 is 0 Å². The first-order valence-electron chi connectivity index (χ1n) is 7.77. The summed E-state index contributed by atoms with van der Waals surface area (Å²) in [6.45, 7) is 6.90. The van der Waals surface area contributed by atoms with E-state index in [-0.39, 0.29) is 11.9 Å². The van der Waals surface area contributed by atoms with Crippen LogP contribution < -0.4 is 5.32 Å². The predicted molar refractivity (Wildman–Crippen MR) is 81.7 cm³/mol. The number of aliphatic hydroxyl groups is 1. The summed E-state index contributed by atoms with van der Waals surface area (Å²) in [5, 5.41) is 13.6. The van der Waals surface area contributed by atoms with Crippen LogP contribution >= 0.6 is 0 Å². The maximum Gasteiger partial charge on any atom is 0.237 e. The molecule has 1 aliphatic heterocycles. The molecule has 2 atom stereocenters. The highest BCUT2D eigenvalue weighted by atomic mass is 16.3. The zero-order chi connectivity index (χ0) is 15.2. The quantitative estimate of drug-likeness (QED) is 0.676. The van der Waals surface area contributed by atoms with Gasteiger partial charge in [-0.15, -0.1) is 0 Å². The minimum Gasteiger partial charge on any atom is -0.387 e. The summed E-state index contributed by atoms with van der Waals surface area (Å²) in [6, 6.07) is -0.166. The van der Waals surface area contributed by atoms with E-state index in [4.69, 9.17) is 0 Å². The van der Waals surface area contributed by atoms with Gasteiger partial charge < -0.3 is 15.3 Å². The zero-order valence-electron chi connectivity index (χ0n) is 13.5. The zero-order valence-corrected chi connectivity index (χ0v) is 13.5. The third kappa shape index (κ3) is 5.38. The second-order valence-electron chi connectivity index (χ2n) is 6.36. The van der Waals surface area contributed by atoms with Gasteiger partial charge in [0, 0.05) is 19.6 Å². The Morgan fingerprint density at radius 1 is 1.50 bits per heavy atom. The fourth-order valence-electron chi connectivity index (χ4n) is 2.90. The van der Waals surface area contributed by atoms with E-state index in [9.17, 15) is 9.90 Å². The third-order valence-electron chi connectivity index (χ3n) is 3.95. The van der Waals surface area contributed by atoms with Crippen LogP contribution in [0.4, 0.5) is 0 Å². The Morgan fingerprint density at radius 3 is 2.80 bits per heavy atom. The number of rotatable bonds is 7. The van der Waals surface area contributed by atoms with E-state index in [0.29, 0.717) is 13.1 Å². The van der Waals surface area contributed by atoms with Crippen molar-refractivity contribution in [3.8, 4) is 0 Å². The minimum absolute atomic E-state index is 0.0764. The smallest absolute Gasteiger partial charge is 0.237 e. The van der Waals surface area contributed by atoms with Crippen LogP contribution in [-0.4, -0.2) is 72.7 Å². The van der Waals surface area contributed by atoms with Crippen molar-refractivity contribution >= 4 is 5.91 Å². The van der Waals surface area contributed by atoms with Gasteiger partial charge in [-0.1, -0.05) is 13.3 Å². The van der Waals surface area contributed by atoms with Crippen molar-refractivity contribution in [1.82, 2.24) is 15.1 Å². The van der Waals surface area contributed by atoms with Gasteiger partial charge in [-0.05, 0) is 46.8 Å². The van der Waals surface area contributed by atoms with Crippen LogP contribution in [0, 0.1) is 0 Å². The summed E-state index contributed by atoms with van der Waals surface area (Å²) in [7, 11) is 3.94. The lowest BCUT2D eigenvalue weighted by atomic mass is 9.91. The Labute approximate surface area is 123 Å². The van der Waals surface area contributed by atoms with Crippen LogP contribution in [0.1, 0.15) is 39.5 Å². The Balaban J connectivity index is 2.51. The number of unbranched alkanes of at least 4 members (excludes halogenated alkanes) is 1. The molecule has 0 aromatic heterocycles. The summed E-state index contributed by atoms with van der Waals surface area (Å²) in [4.78, 5) is 16.2. The number of hydrogen-bond acceptors (Lipinski definition) is 4. The van der Waals surface area contributed by atoms with E-state index >= 15 is 0 Å². The molecule has 0 aromatic carbocycles. The van der Waals surface area contributed by atoms with E-state index in [0.717, 1.165) is 38.8 Å². The molecule has 0 aliphatic carbocycles. The van der Waals surface area contributed by atoms with Crippen LogP contribution in [0.2, 0.25) is 0 Å². The van der Waals surface area contributed by atoms with Gasteiger partial charge in [0.2, 0.25) is 5.91 Å². The average molecular weight is 285 g/mol. The normalized spacial score (nSPS) is 25.7. The number of nitrogens with zero attached hydrogens (tertiary/aromatic N) is 2. The molecule has 0 spiro atoms. The Morgan fingerprint density at radius 2 is 2.20 bits per heavy atom. The van der Waals surface area contributed by atoms with E-state index < -0.39 is 5.60 Å². The second-order valence-corrected chi connectivity index (χ2v) is 6.36. The lowest BCUT2D eigenvalue weighted by Gasteiger charge is -2.42. The number of likely N-dealkylation sites (tertiary alicyclic amines) is 1. The van der Waals surface area contributed by atoms with Crippen molar-refractivity contribution in [3.63, 3.8) is 0 Å². The summed E-state index contributed by atoms with van der Waals surface area (Å²) >= 11 is 0. The van der Waals surface area contributed by atoms with E-state index in [2.05, 4.69) is 17.1 Å². The first-order valence-corrected chi connectivity index (χ1v) is 7.77. The van der Waals surface area contributed by atoms with Gasteiger partial charge in [-0.2, -0.15) is 0 Å². The van der Waals surface area contributed by atoms with Crippen molar-refractivity contribution in [1.29, 1.82) is 0 Å². The first-order chi connectivity index (χ1) is 9.38. The fraction of sp³-hybridized carbons (Fsp3) is 0.933. The molecule has 5 heteroatoms. The molecule has 0 saturated carbocycles. The fourth-order valence-corrected chi connectivity index (χ4v) is 2.90. The van der Waals surface area contributed by atoms with Crippen molar-refractivity contribution in [2.24, 2.45) is 0 Å². The number of amides is 1. The molecule has 1 heterocycles. The molecule has 1 aliphatic rings. The van der Waals surface area contributed by atoms with Gasteiger partial charge in [0.15, 0.2) is 0 Å². The van der Waals surface area contributed by atoms with Crippen LogP contribution in [0.15, 0.2) is 0 Å². The highest BCUT2D eigenvalue weighted by Gasteiger charge is 2.36. The van der Waals surface area contributed by atoms with E-state index in [1.54, 1.807) is 0 Å². The van der Waals surface area contributed by atoms with Crippen LogP contribution in [0.3, 0.4) is 0 Å². The summed E-state index contributed by atoms with van der Waals surface area (Å²) in [5.74, 6) is 0.0764. The van der Waals surface area contributed by atoms with Gasteiger partial charge in [0.05, 0.1) is 11.6 Å². The van der Waals surface area contributed by atoms with E-state index in [1.807, 2.05) is 25.9 Å². The molecular formula is C15H31N3O2. The molecule has 20 heavy (non-hydrogen) atoms. The third-order valence-corrected chi connectivity index (χ3v) is 3.95. The molecule has 0 radical (unpaired) electrons. The van der Waals surface area contributed by atoms with Gasteiger partial charge in [-0.3, -0.25) is 9.69 Å². The number of hydrogen-bond donors (Lipinski definition) is 2. The van der Waals surface area contributed by atoms with Gasteiger partial charge in [-0.25, -0.2) is 0 Å². The topological polar surface area (TPSA) is 55.8 Å². The monoisotopic (exact) mass is 285 g/mol. The number of β-amino-alcohol motifs (C(OH)–C–C–N with tert-alkyl or cyclic N) is 1. The van der Waals surface area contributed by atoms with E-state index in [1.165, 1.54) is 0 Å². The van der Waals surface area contributed by atoms with Crippen LogP contribution in [-0.2, 0) is 4.79 Å². The number of carbonyl (C=O) groups is 1. The molecule has 0 bridgehead atoms. The highest BCUT2D eigenvalue weighted by molar-refractivity contribution is 5.81. The average Bonchev–Trinajstić information content (AvgIpc) is 2.36. The Hall–Kier alpha value is -0.650. The van der Waals surface area contributed by atoms with Gasteiger partial charge in [0.1, 0.15) is 0 Å². The van der Waals surface area contributed by atoms with Crippen molar-refractivity contribution in [2.75, 3.05) is 40.3 Å². The Kier molecular flexibility index (Phi) is 6.92. The molecule has 2 N–H and O–H groups in total. The SMILES string of the molecule is CCCCNC(=O)[C@H](C)N1CCC[C@](O)(CN(C)C)C1.